The molecule has 0 unspecified atom stereocenters. The van der Waals surface area contributed by atoms with Crippen molar-refractivity contribution in [3.8, 4) is 5.75 Å². The zero-order valence-corrected chi connectivity index (χ0v) is 12.6. The average Bonchev–Trinajstić information content (AvgIpc) is 2.46. The molecule has 2 rings (SSSR count). The van der Waals surface area contributed by atoms with Gasteiger partial charge in [-0.2, -0.15) is 0 Å². The van der Waals surface area contributed by atoms with Crippen molar-refractivity contribution in [2.24, 2.45) is 5.92 Å². The minimum Gasteiger partial charge on any atom is -0.491 e. The minimum atomic E-state index is -0.820. The Hall–Kier alpha value is -1.55. The molecule has 4 nitrogen and oxygen atoms in total. The van der Waals surface area contributed by atoms with Crippen molar-refractivity contribution < 1.29 is 19.4 Å². The van der Waals surface area contributed by atoms with Gasteiger partial charge in [0.15, 0.2) is 0 Å². The van der Waals surface area contributed by atoms with Crippen LogP contribution in [0.25, 0.3) is 0 Å². The molecule has 0 bridgehead atoms. The number of hydrogen-bond acceptors (Lipinski definition) is 3. The third-order valence-corrected chi connectivity index (χ3v) is 3.95. The lowest BCUT2D eigenvalue weighted by molar-refractivity contribution is -0.136. The molecule has 0 saturated heterocycles. The van der Waals surface area contributed by atoms with E-state index in [-0.39, 0.29) is 6.42 Å². The van der Waals surface area contributed by atoms with Gasteiger partial charge in [0.05, 0.1) is 19.1 Å². The molecule has 1 N–H and O–H groups in total. The SMILES string of the molecule is CC1CCC(OCCOc2ccc(CC(=O)O)cc2)CC1. The van der Waals surface area contributed by atoms with E-state index in [1.807, 2.05) is 0 Å². The van der Waals surface area contributed by atoms with Gasteiger partial charge in [0.25, 0.3) is 0 Å². The number of hydrogen-bond donors (Lipinski definition) is 1. The first kappa shape index (κ1) is 15.8. The molecule has 1 aliphatic carbocycles. The fraction of sp³-hybridized carbons (Fsp3) is 0.588. The summed E-state index contributed by atoms with van der Waals surface area (Å²) in [7, 11) is 0. The summed E-state index contributed by atoms with van der Waals surface area (Å²) < 4.78 is 11.4. The van der Waals surface area contributed by atoms with E-state index in [2.05, 4.69) is 6.92 Å². The van der Waals surface area contributed by atoms with Crippen molar-refractivity contribution in [1.82, 2.24) is 0 Å². The molecule has 116 valence electrons. The van der Waals surface area contributed by atoms with Gasteiger partial charge >= 0.3 is 5.97 Å². The number of carboxylic acids is 1. The van der Waals surface area contributed by atoms with Crippen LogP contribution in [0.15, 0.2) is 24.3 Å². The molecular formula is C17H24O4. The van der Waals surface area contributed by atoms with Crippen LogP contribution in [0.5, 0.6) is 5.75 Å². The fourth-order valence-corrected chi connectivity index (χ4v) is 2.65. The maximum absolute atomic E-state index is 10.6. The van der Waals surface area contributed by atoms with E-state index < -0.39 is 5.97 Å². The molecule has 0 aromatic heterocycles. The van der Waals surface area contributed by atoms with Crippen molar-refractivity contribution in [3.05, 3.63) is 29.8 Å². The zero-order chi connectivity index (χ0) is 15.1. The van der Waals surface area contributed by atoms with Crippen molar-refractivity contribution in [2.45, 2.75) is 45.1 Å². The first-order valence-electron chi connectivity index (χ1n) is 7.68. The van der Waals surface area contributed by atoms with Gasteiger partial charge in [-0.05, 0) is 49.3 Å². The molecule has 0 amide bonds. The number of carbonyl (C=O) groups is 1. The van der Waals surface area contributed by atoms with Crippen LogP contribution in [-0.2, 0) is 16.0 Å². The standard InChI is InChI=1S/C17H24O4/c1-13-2-6-15(7-3-13)20-10-11-21-16-8-4-14(5-9-16)12-17(18)19/h4-5,8-9,13,15H,2-3,6-7,10-12H2,1H3,(H,18,19). The molecule has 1 fully saturated rings. The van der Waals surface area contributed by atoms with Crippen molar-refractivity contribution in [3.63, 3.8) is 0 Å². The molecule has 1 saturated carbocycles. The molecule has 1 aromatic rings. The molecule has 0 atom stereocenters. The van der Waals surface area contributed by atoms with E-state index in [1.165, 1.54) is 12.8 Å². The van der Waals surface area contributed by atoms with Crippen LogP contribution in [0, 0.1) is 5.92 Å². The van der Waals surface area contributed by atoms with E-state index in [1.54, 1.807) is 24.3 Å². The summed E-state index contributed by atoms with van der Waals surface area (Å²) in [4.78, 5) is 10.6. The summed E-state index contributed by atoms with van der Waals surface area (Å²) in [5.74, 6) is 0.772. The Kier molecular flexibility index (Phi) is 6.05. The number of benzene rings is 1. The molecule has 0 radical (unpaired) electrons. The number of aliphatic carboxylic acids is 1. The van der Waals surface area contributed by atoms with Crippen LogP contribution in [0.1, 0.15) is 38.2 Å². The molecule has 21 heavy (non-hydrogen) atoms. The van der Waals surface area contributed by atoms with Crippen molar-refractivity contribution in [1.29, 1.82) is 0 Å². The summed E-state index contributed by atoms with van der Waals surface area (Å²) in [6.45, 7) is 3.44. The van der Waals surface area contributed by atoms with Gasteiger partial charge < -0.3 is 14.6 Å². The smallest absolute Gasteiger partial charge is 0.307 e. The highest BCUT2D eigenvalue weighted by molar-refractivity contribution is 5.70. The summed E-state index contributed by atoms with van der Waals surface area (Å²) >= 11 is 0. The molecular weight excluding hydrogens is 268 g/mol. The monoisotopic (exact) mass is 292 g/mol. The maximum Gasteiger partial charge on any atom is 0.307 e. The molecule has 4 heteroatoms. The lowest BCUT2D eigenvalue weighted by Crippen LogP contribution is -2.22. The predicted octanol–water partition coefficient (Wildman–Crippen LogP) is 3.29. The van der Waals surface area contributed by atoms with Gasteiger partial charge in [0.2, 0.25) is 0 Å². The lowest BCUT2D eigenvalue weighted by Gasteiger charge is -2.26. The molecule has 0 heterocycles. The maximum atomic E-state index is 10.6. The van der Waals surface area contributed by atoms with Crippen LogP contribution in [0.4, 0.5) is 0 Å². The van der Waals surface area contributed by atoms with Gasteiger partial charge in [0.1, 0.15) is 12.4 Å². The summed E-state index contributed by atoms with van der Waals surface area (Å²) in [5.41, 5.74) is 0.780. The quantitative estimate of drug-likeness (QED) is 0.784. The lowest BCUT2D eigenvalue weighted by atomic mass is 9.89. The second-order valence-electron chi connectivity index (χ2n) is 5.82. The second-order valence-corrected chi connectivity index (χ2v) is 5.82. The van der Waals surface area contributed by atoms with E-state index in [0.29, 0.717) is 19.3 Å². The van der Waals surface area contributed by atoms with Gasteiger partial charge in [-0.15, -0.1) is 0 Å². The molecule has 1 aromatic carbocycles. The fourth-order valence-electron chi connectivity index (χ4n) is 2.65. The normalized spacial score (nSPS) is 22.0. The first-order valence-corrected chi connectivity index (χ1v) is 7.68. The number of carboxylic acid groups (broad SMARTS) is 1. The van der Waals surface area contributed by atoms with Crippen LogP contribution in [0.2, 0.25) is 0 Å². The van der Waals surface area contributed by atoms with Crippen molar-refractivity contribution in [2.75, 3.05) is 13.2 Å². The Bertz CT molecular complexity index is 433. The highest BCUT2D eigenvalue weighted by atomic mass is 16.5. The Morgan fingerprint density at radius 1 is 1.14 bits per heavy atom. The van der Waals surface area contributed by atoms with E-state index >= 15 is 0 Å². The van der Waals surface area contributed by atoms with Gasteiger partial charge in [-0.3, -0.25) is 4.79 Å². The largest absolute Gasteiger partial charge is 0.491 e. The second kappa shape index (κ2) is 8.03. The van der Waals surface area contributed by atoms with E-state index in [4.69, 9.17) is 14.6 Å². The molecule has 0 spiro atoms. The molecule has 0 aliphatic heterocycles. The van der Waals surface area contributed by atoms with Crippen LogP contribution < -0.4 is 4.74 Å². The number of rotatable bonds is 7. The Morgan fingerprint density at radius 3 is 2.43 bits per heavy atom. The number of ether oxygens (including phenoxy) is 2. The average molecular weight is 292 g/mol. The summed E-state index contributed by atoms with van der Waals surface area (Å²) in [6, 6.07) is 7.18. The van der Waals surface area contributed by atoms with Gasteiger partial charge in [-0.25, -0.2) is 0 Å². The van der Waals surface area contributed by atoms with Crippen LogP contribution in [0.3, 0.4) is 0 Å². The predicted molar refractivity (Wildman–Crippen MR) is 80.6 cm³/mol. The zero-order valence-electron chi connectivity index (χ0n) is 12.6. The topological polar surface area (TPSA) is 55.8 Å². The van der Waals surface area contributed by atoms with Crippen molar-refractivity contribution >= 4 is 5.97 Å². The van der Waals surface area contributed by atoms with E-state index in [0.717, 1.165) is 30.1 Å². The third-order valence-electron chi connectivity index (χ3n) is 3.95. The highest BCUT2D eigenvalue weighted by Gasteiger charge is 2.18. The van der Waals surface area contributed by atoms with Gasteiger partial charge in [0, 0.05) is 0 Å². The van der Waals surface area contributed by atoms with E-state index in [9.17, 15) is 4.79 Å². The first-order chi connectivity index (χ1) is 10.1. The minimum absolute atomic E-state index is 0.0451. The highest BCUT2D eigenvalue weighted by Crippen LogP contribution is 2.25. The third kappa shape index (κ3) is 5.76. The van der Waals surface area contributed by atoms with Gasteiger partial charge in [-0.1, -0.05) is 19.1 Å². The summed E-state index contributed by atoms with van der Waals surface area (Å²) in [5, 5.41) is 8.70. The Morgan fingerprint density at radius 2 is 1.81 bits per heavy atom. The van der Waals surface area contributed by atoms with Crippen LogP contribution >= 0.6 is 0 Å². The summed E-state index contributed by atoms with van der Waals surface area (Å²) in [6.07, 6.45) is 5.27. The molecule has 1 aliphatic rings. The Balaban J connectivity index is 1.63. The Labute approximate surface area is 126 Å². The van der Waals surface area contributed by atoms with Crippen LogP contribution in [-0.4, -0.2) is 30.4 Å².